The SMILES string of the molecule is CC1CCC(C(O)c2cccc(Cl)c2Cl)CC1. The maximum atomic E-state index is 10.4. The number of hydrogen-bond donors (Lipinski definition) is 1. The molecule has 0 heterocycles. The van der Waals surface area contributed by atoms with Crippen LogP contribution in [0.4, 0.5) is 0 Å². The molecule has 94 valence electrons. The van der Waals surface area contributed by atoms with E-state index < -0.39 is 6.10 Å². The van der Waals surface area contributed by atoms with Gasteiger partial charge in [-0.25, -0.2) is 0 Å². The van der Waals surface area contributed by atoms with Crippen LogP contribution in [0, 0.1) is 11.8 Å². The van der Waals surface area contributed by atoms with Gasteiger partial charge in [-0.05, 0) is 30.7 Å². The first-order valence-electron chi connectivity index (χ1n) is 6.21. The third-order valence-electron chi connectivity index (χ3n) is 3.81. The van der Waals surface area contributed by atoms with Gasteiger partial charge in [0.1, 0.15) is 0 Å². The molecule has 1 aromatic rings. The fraction of sp³-hybridized carbons (Fsp3) is 0.571. The van der Waals surface area contributed by atoms with Crippen molar-refractivity contribution in [3.8, 4) is 0 Å². The van der Waals surface area contributed by atoms with Crippen LogP contribution in [0.2, 0.25) is 10.0 Å². The lowest BCUT2D eigenvalue weighted by molar-refractivity contribution is 0.0756. The lowest BCUT2D eigenvalue weighted by atomic mass is 9.78. The zero-order chi connectivity index (χ0) is 12.4. The van der Waals surface area contributed by atoms with E-state index in [9.17, 15) is 5.11 Å². The van der Waals surface area contributed by atoms with E-state index >= 15 is 0 Å². The maximum absolute atomic E-state index is 10.4. The van der Waals surface area contributed by atoms with Gasteiger partial charge in [0.05, 0.1) is 16.1 Å². The molecule has 1 fully saturated rings. The number of rotatable bonds is 2. The first kappa shape index (κ1) is 13.2. The third-order valence-corrected chi connectivity index (χ3v) is 4.64. The molecule has 1 aromatic carbocycles. The van der Waals surface area contributed by atoms with Crippen LogP contribution in [0.1, 0.15) is 44.3 Å². The summed E-state index contributed by atoms with van der Waals surface area (Å²) >= 11 is 12.1. The van der Waals surface area contributed by atoms with Crippen molar-refractivity contribution >= 4 is 23.2 Å². The van der Waals surface area contributed by atoms with Crippen molar-refractivity contribution in [2.24, 2.45) is 11.8 Å². The van der Waals surface area contributed by atoms with Crippen molar-refractivity contribution in [3.05, 3.63) is 33.8 Å². The molecular weight excluding hydrogens is 255 g/mol. The van der Waals surface area contributed by atoms with Gasteiger partial charge in [0.15, 0.2) is 0 Å². The van der Waals surface area contributed by atoms with Crippen molar-refractivity contribution in [1.82, 2.24) is 0 Å². The van der Waals surface area contributed by atoms with E-state index in [4.69, 9.17) is 23.2 Å². The predicted molar refractivity (Wildman–Crippen MR) is 72.5 cm³/mol. The van der Waals surface area contributed by atoms with Crippen molar-refractivity contribution in [1.29, 1.82) is 0 Å². The molecular formula is C14H18Cl2O. The van der Waals surface area contributed by atoms with Gasteiger partial charge in [-0.1, -0.05) is 55.1 Å². The fourth-order valence-corrected chi connectivity index (χ4v) is 3.02. The summed E-state index contributed by atoms with van der Waals surface area (Å²) < 4.78 is 0. The van der Waals surface area contributed by atoms with E-state index in [0.29, 0.717) is 16.0 Å². The summed E-state index contributed by atoms with van der Waals surface area (Å²) in [6.45, 7) is 2.27. The highest BCUT2D eigenvalue weighted by molar-refractivity contribution is 6.42. The maximum Gasteiger partial charge on any atom is 0.0833 e. The first-order chi connectivity index (χ1) is 8.09. The van der Waals surface area contributed by atoms with Crippen molar-refractivity contribution in [2.45, 2.75) is 38.7 Å². The normalized spacial score (nSPS) is 26.8. The molecule has 17 heavy (non-hydrogen) atoms. The topological polar surface area (TPSA) is 20.2 Å². The Morgan fingerprint density at radius 2 is 1.82 bits per heavy atom. The Labute approximate surface area is 113 Å². The van der Waals surface area contributed by atoms with Gasteiger partial charge in [-0.15, -0.1) is 0 Å². The average molecular weight is 273 g/mol. The molecule has 1 aliphatic carbocycles. The standard InChI is InChI=1S/C14H18Cl2O/c1-9-5-7-10(8-6-9)14(17)11-3-2-4-12(15)13(11)16/h2-4,9-10,14,17H,5-8H2,1H3. The zero-order valence-electron chi connectivity index (χ0n) is 10.00. The summed E-state index contributed by atoms with van der Waals surface area (Å²) in [4.78, 5) is 0. The molecule has 1 N–H and O–H groups in total. The van der Waals surface area contributed by atoms with Crippen molar-refractivity contribution < 1.29 is 5.11 Å². The Morgan fingerprint density at radius 3 is 2.47 bits per heavy atom. The summed E-state index contributed by atoms with van der Waals surface area (Å²) in [5.41, 5.74) is 0.777. The second kappa shape index (κ2) is 5.60. The van der Waals surface area contributed by atoms with Gasteiger partial charge in [-0.2, -0.15) is 0 Å². The molecule has 1 saturated carbocycles. The number of benzene rings is 1. The Morgan fingerprint density at radius 1 is 1.18 bits per heavy atom. The minimum Gasteiger partial charge on any atom is -0.388 e. The van der Waals surface area contributed by atoms with Crippen LogP contribution in [0.3, 0.4) is 0 Å². The van der Waals surface area contributed by atoms with Crippen LogP contribution in [0.15, 0.2) is 18.2 Å². The van der Waals surface area contributed by atoms with Crippen LogP contribution in [-0.4, -0.2) is 5.11 Å². The zero-order valence-corrected chi connectivity index (χ0v) is 11.5. The fourth-order valence-electron chi connectivity index (χ4n) is 2.60. The van der Waals surface area contributed by atoms with Crippen LogP contribution in [0.25, 0.3) is 0 Å². The molecule has 3 heteroatoms. The summed E-state index contributed by atoms with van der Waals surface area (Å²) in [6.07, 6.45) is 4.06. The molecule has 1 nitrogen and oxygen atoms in total. The number of halogens is 2. The minimum atomic E-state index is -0.478. The van der Waals surface area contributed by atoms with Crippen LogP contribution in [0.5, 0.6) is 0 Å². The molecule has 0 aliphatic heterocycles. The number of aliphatic hydroxyl groups excluding tert-OH is 1. The van der Waals surface area contributed by atoms with Crippen LogP contribution >= 0.6 is 23.2 Å². The Hall–Kier alpha value is -0.240. The quantitative estimate of drug-likeness (QED) is 0.816. The molecule has 1 atom stereocenters. The monoisotopic (exact) mass is 272 g/mol. The predicted octanol–water partition coefficient (Wildman–Crippen LogP) is 4.85. The average Bonchev–Trinajstić information content (AvgIpc) is 2.33. The third kappa shape index (κ3) is 2.96. The van der Waals surface area contributed by atoms with E-state index in [-0.39, 0.29) is 0 Å². The molecule has 1 unspecified atom stereocenters. The summed E-state index contributed by atoms with van der Waals surface area (Å²) in [5.74, 6) is 1.11. The highest BCUT2D eigenvalue weighted by atomic mass is 35.5. The molecule has 0 bridgehead atoms. The molecule has 0 radical (unpaired) electrons. The van der Waals surface area contributed by atoms with Crippen LogP contribution < -0.4 is 0 Å². The molecule has 2 rings (SSSR count). The van der Waals surface area contributed by atoms with Crippen LogP contribution in [-0.2, 0) is 0 Å². The van der Waals surface area contributed by atoms with Crippen molar-refractivity contribution in [2.75, 3.05) is 0 Å². The molecule has 0 spiro atoms. The Balaban J connectivity index is 2.14. The van der Waals surface area contributed by atoms with E-state index in [1.54, 1.807) is 6.07 Å². The largest absolute Gasteiger partial charge is 0.388 e. The number of hydrogen-bond acceptors (Lipinski definition) is 1. The molecule has 0 saturated heterocycles. The summed E-state index contributed by atoms with van der Waals surface area (Å²) in [5, 5.41) is 11.4. The van der Waals surface area contributed by atoms with Gasteiger partial charge in [0.25, 0.3) is 0 Å². The van der Waals surface area contributed by atoms with Gasteiger partial charge >= 0.3 is 0 Å². The molecule has 1 aliphatic rings. The van der Waals surface area contributed by atoms with Gasteiger partial charge in [0, 0.05) is 5.56 Å². The van der Waals surface area contributed by atoms with Gasteiger partial charge in [0.2, 0.25) is 0 Å². The Bertz CT molecular complexity index is 384. The second-order valence-corrected chi connectivity index (χ2v) is 5.89. The lowest BCUT2D eigenvalue weighted by Crippen LogP contribution is -2.19. The van der Waals surface area contributed by atoms with E-state index in [1.807, 2.05) is 12.1 Å². The molecule has 0 aromatic heterocycles. The van der Waals surface area contributed by atoms with Crippen molar-refractivity contribution in [3.63, 3.8) is 0 Å². The highest BCUT2D eigenvalue weighted by Crippen LogP contribution is 2.40. The molecule has 0 amide bonds. The first-order valence-corrected chi connectivity index (χ1v) is 6.97. The summed E-state index contributed by atoms with van der Waals surface area (Å²) in [7, 11) is 0. The van der Waals surface area contributed by atoms with Gasteiger partial charge in [-0.3, -0.25) is 0 Å². The Kier molecular flexibility index (Phi) is 4.35. The van der Waals surface area contributed by atoms with Gasteiger partial charge < -0.3 is 5.11 Å². The number of aliphatic hydroxyl groups is 1. The lowest BCUT2D eigenvalue weighted by Gasteiger charge is -2.30. The highest BCUT2D eigenvalue weighted by Gasteiger charge is 2.27. The van der Waals surface area contributed by atoms with E-state index in [0.717, 1.165) is 24.3 Å². The van der Waals surface area contributed by atoms with E-state index in [2.05, 4.69) is 6.92 Å². The van der Waals surface area contributed by atoms with E-state index in [1.165, 1.54) is 12.8 Å². The smallest absolute Gasteiger partial charge is 0.0833 e. The second-order valence-electron chi connectivity index (χ2n) is 5.11. The summed E-state index contributed by atoms with van der Waals surface area (Å²) in [6, 6.07) is 5.47. The minimum absolute atomic E-state index is 0.321.